The summed E-state index contributed by atoms with van der Waals surface area (Å²) < 4.78 is 28.8. The van der Waals surface area contributed by atoms with Gasteiger partial charge in [0.15, 0.2) is 0 Å². The molecule has 4 heteroatoms. The lowest BCUT2D eigenvalue weighted by atomic mass is 9.96. The Labute approximate surface area is 191 Å². The number of nitrogens with zero attached hydrogens (tertiary/aromatic N) is 1. The van der Waals surface area contributed by atoms with Crippen molar-refractivity contribution in [3.63, 3.8) is 0 Å². The molecular weight excluding hydrogens is 426 g/mol. The predicted octanol–water partition coefficient (Wildman–Crippen LogP) is 6.96. The van der Waals surface area contributed by atoms with Crippen molar-refractivity contribution in [2.75, 3.05) is 0 Å². The largest absolute Gasteiger partial charge is 0.344 e. The van der Waals surface area contributed by atoms with E-state index in [-0.39, 0.29) is 0 Å². The fourth-order valence-electron chi connectivity index (χ4n) is 5.36. The zero-order valence-electron chi connectivity index (χ0n) is 17.9. The summed E-state index contributed by atoms with van der Waals surface area (Å²) >= 11 is 0. The van der Waals surface area contributed by atoms with Crippen LogP contribution >= 0.6 is 0 Å². The molecule has 3 nitrogen and oxygen atoms in total. The Morgan fingerprint density at radius 1 is 0.606 bits per heavy atom. The van der Waals surface area contributed by atoms with Crippen LogP contribution < -0.4 is 0 Å². The van der Waals surface area contributed by atoms with Crippen molar-refractivity contribution in [3.05, 3.63) is 97.1 Å². The summed E-state index contributed by atoms with van der Waals surface area (Å²) in [6.07, 6.45) is 0. The number of benzene rings is 5. The first-order valence-corrected chi connectivity index (χ1v) is 12.4. The molecule has 0 fully saturated rings. The van der Waals surface area contributed by atoms with Crippen LogP contribution in [0.15, 0.2) is 107 Å². The Kier molecular flexibility index (Phi) is 3.58. The number of hydrogen-bond acceptors (Lipinski definition) is 2. The molecule has 0 bridgehead atoms. The third-order valence-electron chi connectivity index (χ3n) is 6.95. The van der Waals surface area contributed by atoms with Crippen molar-refractivity contribution in [2.45, 2.75) is 9.79 Å². The second-order valence-corrected chi connectivity index (χ2v) is 10.6. The third kappa shape index (κ3) is 2.41. The molecule has 0 saturated carbocycles. The van der Waals surface area contributed by atoms with Gasteiger partial charge in [-0.05, 0) is 52.2 Å². The molecule has 6 aromatic rings. The Morgan fingerprint density at radius 3 is 2.15 bits per heavy atom. The summed E-state index contributed by atoms with van der Waals surface area (Å²) in [5.41, 5.74) is 5.82. The molecule has 0 N–H and O–H groups in total. The van der Waals surface area contributed by atoms with Crippen molar-refractivity contribution in [2.24, 2.45) is 7.05 Å². The first-order chi connectivity index (χ1) is 16.0. The van der Waals surface area contributed by atoms with Gasteiger partial charge in [-0.3, -0.25) is 0 Å². The Bertz CT molecular complexity index is 1890. The Balaban J connectivity index is 1.55. The molecule has 158 valence electrons. The first kappa shape index (κ1) is 18.7. The highest BCUT2D eigenvalue weighted by atomic mass is 32.2. The van der Waals surface area contributed by atoms with Crippen LogP contribution in [-0.4, -0.2) is 13.0 Å². The monoisotopic (exact) mass is 445 g/mol. The minimum Gasteiger partial charge on any atom is -0.344 e. The van der Waals surface area contributed by atoms with Gasteiger partial charge in [0.25, 0.3) is 0 Å². The van der Waals surface area contributed by atoms with E-state index in [2.05, 4.69) is 60.1 Å². The molecule has 1 aromatic heterocycles. The van der Waals surface area contributed by atoms with E-state index >= 15 is 0 Å². The van der Waals surface area contributed by atoms with E-state index in [1.54, 1.807) is 12.1 Å². The van der Waals surface area contributed by atoms with Gasteiger partial charge in [-0.1, -0.05) is 66.7 Å². The average molecular weight is 446 g/mol. The normalized spacial score (nSPS) is 14.1. The Hall–Kier alpha value is -3.89. The molecule has 0 atom stereocenters. The zero-order valence-corrected chi connectivity index (χ0v) is 18.7. The van der Waals surface area contributed by atoms with Gasteiger partial charge >= 0.3 is 0 Å². The highest BCUT2D eigenvalue weighted by molar-refractivity contribution is 7.92. The van der Waals surface area contributed by atoms with E-state index in [4.69, 9.17) is 0 Å². The van der Waals surface area contributed by atoms with Crippen LogP contribution in [0, 0.1) is 0 Å². The summed E-state index contributed by atoms with van der Waals surface area (Å²) in [7, 11) is -1.43. The molecule has 0 amide bonds. The quantitative estimate of drug-likeness (QED) is 0.274. The van der Waals surface area contributed by atoms with Crippen molar-refractivity contribution in [3.8, 4) is 22.3 Å². The highest BCUT2D eigenvalue weighted by Crippen LogP contribution is 2.45. The zero-order chi connectivity index (χ0) is 22.3. The van der Waals surface area contributed by atoms with Crippen LogP contribution in [0.5, 0.6) is 0 Å². The van der Waals surface area contributed by atoms with Gasteiger partial charge in [-0.25, -0.2) is 8.42 Å². The number of fused-ring (bicyclic) bond motifs is 7. The SMILES string of the molecule is Cn1c2cc3ccccc3cc2c2c(-c3ccc4c(c3)S(=O)(=O)c3ccccc3-4)cccc21. The molecule has 0 spiro atoms. The molecule has 1 aliphatic rings. The minimum absolute atomic E-state index is 0.392. The molecule has 2 heterocycles. The summed E-state index contributed by atoms with van der Waals surface area (Å²) in [5.74, 6) is 0. The number of rotatable bonds is 1. The van der Waals surface area contributed by atoms with Gasteiger partial charge in [-0.15, -0.1) is 0 Å². The van der Waals surface area contributed by atoms with E-state index in [0.717, 1.165) is 38.7 Å². The Morgan fingerprint density at radius 2 is 1.30 bits per heavy atom. The van der Waals surface area contributed by atoms with Crippen LogP contribution in [0.2, 0.25) is 0 Å². The van der Waals surface area contributed by atoms with Crippen molar-refractivity contribution >= 4 is 42.4 Å². The van der Waals surface area contributed by atoms with Gasteiger partial charge < -0.3 is 4.57 Å². The molecule has 1 aliphatic heterocycles. The van der Waals surface area contributed by atoms with Crippen molar-refractivity contribution in [1.29, 1.82) is 0 Å². The van der Waals surface area contributed by atoms with Crippen LogP contribution in [0.1, 0.15) is 0 Å². The van der Waals surface area contributed by atoms with E-state index in [0.29, 0.717) is 9.79 Å². The lowest BCUT2D eigenvalue weighted by Gasteiger charge is -2.08. The fourth-order valence-corrected chi connectivity index (χ4v) is 7.07. The van der Waals surface area contributed by atoms with Crippen molar-refractivity contribution in [1.82, 2.24) is 4.57 Å². The molecule has 33 heavy (non-hydrogen) atoms. The topological polar surface area (TPSA) is 39.1 Å². The first-order valence-electron chi connectivity index (χ1n) is 10.9. The molecule has 5 aromatic carbocycles. The minimum atomic E-state index is -3.52. The smallest absolute Gasteiger partial charge is 0.207 e. The maximum Gasteiger partial charge on any atom is 0.207 e. The summed E-state index contributed by atoms with van der Waals surface area (Å²) in [6, 6.07) is 32.2. The van der Waals surface area contributed by atoms with Crippen LogP contribution in [0.4, 0.5) is 0 Å². The van der Waals surface area contributed by atoms with Gasteiger partial charge in [0, 0.05) is 40.0 Å². The third-order valence-corrected chi connectivity index (χ3v) is 8.80. The maximum absolute atomic E-state index is 13.3. The van der Waals surface area contributed by atoms with Crippen molar-refractivity contribution < 1.29 is 8.42 Å². The summed E-state index contributed by atoms with van der Waals surface area (Å²) in [4.78, 5) is 0.788. The summed E-state index contributed by atoms with van der Waals surface area (Å²) in [5, 5.41) is 4.72. The van der Waals surface area contributed by atoms with Crippen LogP contribution in [0.25, 0.3) is 54.8 Å². The fraction of sp³-hybridized carbons (Fsp3) is 0.0345. The molecular formula is C29H19NO2S. The van der Waals surface area contributed by atoms with Gasteiger partial charge in [0.2, 0.25) is 9.84 Å². The number of aromatic nitrogens is 1. The molecule has 0 aliphatic carbocycles. The molecule has 0 saturated heterocycles. The maximum atomic E-state index is 13.3. The number of hydrogen-bond donors (Lipinski definition) is 0. The van der Waals surface area contributed by atoms with Gasteiger partial charge in [-0.2, -0.15) is 0 Å². The average Bonchev–Trinajstić information content (AvgIpc) is 3.26. The van der Waals surface area contributed by atoms with E-state index in [1.165, 1.54) is 16.2 Å². The van der Waals surface area contributed by atoms with E-state index < -0.39 is 9.84 Å². The molecule has 0 unspecified atom stereocenters. The van der Waals surface area contributed by atoms with Gasteiger partial charge in [0.1, 0.15) is 0 Å². The highest BCUT2D eigenvalue weighted by Gasteiger charge is 2.32. The van der Waals surface area contributed by atoms with Crippen LogP contribution in [0.3, 0.4) is 0 Å². The van der Waals surface area contributed by atoms with Crippen LogP contribution in [-0.2, 0) is 16.9 Å². The lowest BCUT2D eigenvalue weighted by molar-refractivity contribution is 0.598. The number of sulfone groups is 1. The van der Waals surface area contributed by atoms with E-state index in [9.17, 15) is 8.42 Å². The standard InChI is InChI=1S/C29H19NO2S/c1-30-25-11-6-10-21(29(25)24-15-18-7-2-3-8-19(18)16-26(24)30)20-13-14-23-22-9-4-5-12-27(22)33(31,32)28(23)17-20/h2-17H,1H3. The molecule has 7 rings (SSSR count). The molecule has 0 radical (unpaired) electrons. The predicted molar refractivity (Wildman–Crippen MR) is 134 cm³/mol. The second kappa shape index (κ2) is 6.33. The number of aryl methyl sites for hydroxylation is 1. The summed E-state index contributed by atoms with van der Waals surface area (Å²) in [6.45, 7) is 0. The second-order valence-electron chi connectivity index (χ2n) is 8.69. The van der Waals surface area contributed by atoms with Gasteiger partial charge in [0.05, 0.1) is 9.79 Å². The lowest BCUT2D eigenvalue weighted by Crippen LogP contribution is -1.96. The van der Waals surface area contributed by atoms with E-state index in [1.807, 2.05) is 36.4 Å².